The summed E-state index contributed by atoms with van der Waals surface area (Å²) in [4.78, 5) is 23.3. The number of methoxy groups -OCH3 is 2. The predicted octanol–water partition coefficient (Wildman–Crippen LogP) is 6.17. The Kier molecular flexibility index (Phi) is 7.32. The first-order chi connectivity index (χ1) is 16.2. The first-order valence-electron chi connectivity index (χ1n) is 10.7. The molecule has 4 rings (SSSR count). The fourth-order valence-electron chi connectivity index (χ4n) is 3.46. The van der Waals surface area contributed by atoms with E-state index in [2.05, 4.69) is 15.3 Å². The number of ketones is 1. The van der Waals surface area contributed by atoms with E-state index in [1.54, 1.807) is 20.4 Å². The highest BCUT2D eigenvalue weighted by molar-refractivity contribution is 7.17. The first-order valence-corrected chi connectivity index (χ1v) is 11.5. The average Bonchev–Trinajstić information content (AvgIpc) is 3.36. The summed E-state index contributed by atoms with van der Waals surface area (Å²) in [6.07, 6.45) is 3.78. The van der Waals surface area contributed by atoms with Crippen LogP contribution in [0.25, 0.3) is 10.6 Å². The molecule has 0 spiro atoms. The summed E-state index contributed by atoms with van der Waals surface area (Å²) in [5.41, 5.74) is 2.77. The number of carbonyl (C=O) groups is 1. The molecule has 0 fully saturated rings. The van der Waals surface area contributed by atoms with E-state index in [1.165, 1.54) is 11.3 Å². The largest absolute Gasteiger partial charge is 0.497 e. The Hall–Kier alpha value is -3.71. The summed E-state index contributed by atoms with van der Waals surface area (Å²) < 4.78 is 10.6. The third-order valence-electron chi connectivity index (χ3n) is 5.18. The monoisotopic (exact) mass is 459 g/mol. The number of ether oxygens (including phenoxy) is 2. The number of nitrogens with zero attached hydrogens (tertiary/aromatic N) is 2. The van der Waals surface area contributed by atoms with Crippen LogP contribution in [0.1, 0.15) is 28.1 Å². The number of Topliss-reactive ketones (excluding diaryl/α,β-unsaturated/α-hetero) is 1. The second kappa shape index (κ2) is 10.7. The Morgan fingerprint density at radius 3 is 2.58 bits per heavy atom. The van der Waals surface area contributed by atoms with E-state index >= 15 is 0 Å². The van der Waals surface area contributed by atoms with Crippen molar-refractivity contribution in [3.05, 3.63) is 83.4 Å². The molecule has 2 aromatic carbocycles. The van der Waals surface area contributed by atoms with E-state index in [-0.39, 0.29) is 5.78 Å². The smallest absolute Gasteiger partial charge is 0.227 e. The van der Waals surface area contributed by atoms with Gasteiger partial charge in [0.2, 0.25) is 5.95 Å². The lowest BCUT2D eigenvalue weighted by Gasteiger charge is -2.07. The highest BCUT2D eigenvalue weighted by atomic mass is 32.1. The number of aryl methyl sites for hydroxylation is 1. The molecule has 0 saturated carbocycles. The molecule has 2 heterocycles. The zero-order chi connectivity index (χ0) is 23.0. The molecule has 2 aromatic heterocycles. The minimum Gasteiger partial charge on any atom is -0.497 e. The Labute approximate surface area is 197 Å². The van der Waals surface area contributed by atoms with Crippen LogP contribution in [0, 0.1) is 0 Å². The van der Waals surface area contributed by atoms with Crippen molar-refractivity contribution in [2.24, 2.45) is 0 Å². The number of anilines is 2. The zero-order valence-electron chi connectivity index (χ0n) is 18.6. The standard InChI is InChI=1S/C26H25N3O3S/c1-31-20-12-10-19(11-13-20)28-26-27-17-16-21(29-26)24-14-15-25(33-24)22(30)8-5-7-18-6-3-4-9-23(18)32-2/h3-4,6,9-17H,5,7-8H2,1-2H3,(H,27,28,29). The van der Waals surface area contributed by atoms with E-state index in [4.69, 9.17) is 9.47 Å². The lowest BCUT2D eigenvalue weighted by atomic mass is 10.1. The number of nitrogens with one attached hydrogen (secondary N) is 1. The molecule has 0 aliphatic rings. The van der Waals surface area contributed by atoms with Gasteiger partial charge in [0.05, 0.1) is 29.7 Å². The van der Waals surface area contributed by atoms with Gasteiger partial charge in [0.25, 0.3) is 0 Å². The van der Waals surface area contributed by atoms with E-state index in [0.29, 0.717) is 12.4 Å². The van der Waals surface area contributed by atoms with Gasteiger partial charge in [-0.1, -0.05) is 18.2 Å². The lowest BCUT2D eigenvalue weighted by molar-refractivity contribution is 0.0984. The average molecular weight is 460 g/mol. The molecular weight excluding hydrogens is 434 g/mol. The fraction of sp³-hybridized carbons (Fsp3) is 0.192. The number of benzene rings is 2. The van der Waals surface area contributed by atoms with Crippen LogP contribution in [0.5, 0.6) is 11.5 Å². The number of aromatic nitrogens is 2. The van der Waals surface area contributed by atoms with Gasteiger partial charge >= 0.3 is 0 Å². The van der Waals surface area contributed by atoms with Gasteiger partial charge in [0.1, 0.15) is 11.5 Å². The molecule has 6 nitrogen and oxygen atoms in total. The second-order valence-electron chi connectivity index (χ2n) is 7.37. The van der Waals surface area contributed by atoms with Crippen LogP contribution >= 0.6 is 11.3 Å². The molecule has 33 heavy (non-hydrogen) atoms. The SMILES string of the molecule is COc1ccc(Nc2nccc(-c3ccc(C(=O)CCCc4ccccc4OC)s3)n2)cc1. The van der Waals surface area contributed by atoms with Crippen LogP contribution < -0.4 is 14.8 Å². The minimum absolute atomic E-state index is 0.145. The van der Waals surface area contributed by atoms with Gasteiger partial charge in [-0.3, -0.25) is 4.79 Å². The Balaban J connectivity index is 1.38. The number of rotatable bonds is 10. The third kappa shape index (κ3) is 5.75. The van der Waals surface area contributed by atoms with Crippen molar-refractivity contribution in [1.29, 1.82) is 0 Å². The number of para-hydroxylation sites is 1. The molecular formula is C26H25N3O3S. The highest BCUT2D eigenvalue weighted by Gasteiger charge is 2.12. The molecule has 0 aliphatic carbocycles. The summed E-state index contributed by atoms with van der Waals surface area (Å²) in [6, 6.07) is 21.2. The molecule has 0 bridgehead atoms. The maximum atomic E-state index is 12.7. The molecule has 0 aliphatic heterocycles. The van der Waals surface area contributed by atoms with Gasteiger partial charge in [-0.05, 0) is 66.9 Å². The van der Waals surface area contributed by atoms with E-state index in [0.717, 1.165) is 51.0 Å². The molecule has 0 atom stereocenters. The van der Waals surface area contributed by atoms with Crippen molar-refractivity contribution < 1.29 is 14.3 Å². The zero-order valence-corrected chi connectivity index (χ0v) is 19.4. The predicted molar refractivity (Wildman–Crippen MR) is 132 cm³/mol. The summed E-state index contributed by atoms with van der Waals surface area (Å²) >= 11 is 1.46. The highest BCUT2D eigenvalue weighted by Crippen LogP contribution is 2.29. The number of hydrogen-bond donors (Lipinski definition) is 1. The van der Waals surface area contributed by atoms with Crippen LogP contribution in [-0.2, 0) is 6.42 Å². The summed E-state index contributed by atoms with van der Waals surface area (Å²) in [7, 11) is 3.30. The van der Waals surface area contributed by atoms with Crippen molar-refractivity contribution >= 4 is 28.8 Å². The number of thiophene rings is 1. The maximum Gasteiger partial charge on any atom is 0.227 e. The Morgan fingerprint density at radius 1 is 0.970 bits per heavy atom. The maximum absolute atomic E-state index is 12.7. The van der Waals surface area contributed by atoms with Crippen molar-refractivity contribution in [2.75, 3.05) is 19.5 Å². The van der Waals surface area contributed by atoms with Gasteiger partial charge < -0.3 is 14.8 Å². The third-order valence-corrected chi connectivity index (χ3v) is 6.33. The molecule has 1 N–H and O–H groups in total. The van der Waals surface area contributed by atoms with Gasteiger partial charge in [-0.15, -0.1) is 11.3 Å². The van der Waals surface area contributed by atoms with Gasteiger partial charge in [-0.25, -0.2) is 9.97 Å². The van der Waals surface area contributed by atoms with Crippen LogP contribution in [-0.4, -0.2) is 30.0 Å². The van der Waals surface area contributed by atoms with Crippen molar-refractivity contribution in [2.45, 2.75) is 19.3 Å². The van der Waals surface area contributed by atoms with Gasteiger partial charge in [-0.2, -0.15) is 0 Å². The van der Waals surface area contributed by atoms with Crippen LogP contribution in [0.3, 0.4) is 0 Å². The molecule has 168 valence electrons. The molecule has 7 heteroatoms. The van der Waals surface area contributed by atoms with E-state index in [9.17, 15) is 4.79 Å². The summed E-state index contributed by atoms with van der Waals surface area (Å²) in [6.45, 7) is 0. The molecule has 0 unspecified atom stereocenters. The van der Waals surface area contributed by atoms with Crippen LogP contribution in [0.15, 0.2) is 72.9 Å². The summed E-state index contributed by atoms with van der Waals surface area (Å²) in [5.74, 6) is 2.29. The second-order valence-corrected chi connectivity index (χ2v) is 8.46. The topological polar surface area (TPSA) is 73.3 Å². The normalized spacial score (nSPS) is 10.6. The quantitative estimate of drug-likeness (QED) is 0.286. The molecule has 0 saturated heterocycles. The van der Waals surface area contributed by atoms with E-state index in [1.807, 2.05) is 66.7 Å². The number of carbonyl (C=O) groups excluding carboxylic acids is 1. The molecule has 4 aromatic rings. The Morgan fingerprint density at radius 2 is 1.79 bits per heavy atom. The van der Waals surface area contributed by atoms with Crippen LogP contribution in [0.2, 0.25) is 0 Å². The molecule has 0 radical (unpaired) electrons. The lowest BCUT2D eigenvalue weighted by Crippen LogP contribution is -1.98. The summed E-state index contributed by atoms with van der Waals surface area (Å²) in [5, 5.41) is 3.20. The van der Waals surface area contributed by atoms with Crippen molar-refractivity contribution in [3.8, 4) is 22.1 Å². The number of hydrogen-bond acceptors (Lipinski definition) is 7. The van der Waals surface area contributed by atoms with Gasteiger partial charge in [0, 0.05) is 18.3 Å². The Bertz CT molecular complexity index is 1220. The van der Waals surface area contributed by atoms with Crippen molar-refractivity contribution in [3.63, 3.8) is 0 Å². The minimum atomic E-state index is 0.145. The van der Waals surface area contributed by atoms with Crippen LogP contribution in [0.4, 0.5) is 11.6 Å². The van der Waals surface area contributed by atoms with Crippen molar-refractivity contribution in [1.82, 2.24) is 9.97 Å². The van der Waals surface area contributed by atoms with E-state index < -0.39 is 0 Å². The van der Waals surface area contributed by atoms with Gasteiger partial charge in [0.15, 0.2) is 5.78 Å². The molecule has 0 amide bonds. The fourth-order valence-corrected chi connectivity index (χ4v) is 4.40. The first kappa shape index (κ1) is 22.5.